The Hall–Kier alpha value is -1.23. The second-order valence-corrected chi connectivity index (χ2v) is 6.61. The topological polar surface area (TPSA) is 45.1 Å². The van der Waals surface area contributed by atoms with Gasteiger partial charge in [-0.25, -0.2) is 4.98 Å². The zero-order chi connectivity index (χ0) is 15.1. The highest BCUT2D eigenvalue weighted by Gasteiger charge is 2.22. The standard InChI is InChI=1S/C17H24N2OS/c1-3-10-18-11-9-17(2,20)12-16-19-15(13-21-16)14-7-5-4-6-8-14/h4-8,13,18,20H,3,9-12H2,1-2H3. The molecule has 114 valence electrons. The van der Waals surface area contributed by atoms with Crippen molar-refractivity contribution in [3.05, 3.63) is 40.7 Å². The van der Waals surface area contributed by atoms with Crippen LogP contribution in [0.2, 0.25) is 0 Å². The number of hydrogen-bond donors (Lipinski definition) is 2. The minimum atomic E-state index is -0.702. The second kappa shape index (κ2) is 7.69. The summed E-state index contributed by atoms with van der Waals surface area (Å²) < 4.78 is 0. The first-order valence-corrected chi connectivity index (χ1v) is 8.41. The molecule has 1 heterocycles. The van der Waals surface area contributed by atoms with E-state index in [9.17, 15) is 5.11 Å². The highest BCUT2D eigenvalue weighted by atomic mass is 32.1. The van der Waals surface area contributed by atoms with Crippen LogP contribution in [0.5, 0.6) is 0 Å². The fraction of sp³-hybridized carbons (Fsp3) is 0.471. The van der Waals surface area contributed by atoms with Gasteiger partial charge in [0, 0.05) is 17.4 Å². The van der Waals surface area contributed by atoms with E-state index in [4.69, 9.17) is 0 Å². The summed E-state index contributed by atoms with van der Waals surface area (Å²) in [5, 5.41) is 16.9. The van der Waals surface area contributed by atoms with E-state index in [1.54, 1.807) is 11.3 Å². The van der Waals surface area contributed by atoms with Crippen LogP contribution in [0, 0.1) is 0 Å². The fourth-order valence-electron chi connectivity index (χ4n) is 2.21. The number of nitrogens with zero attached hydrogens (tertiary/aromatic N) is 1. The predicted octanol–water partition coefficient (Wildman–Crippen LogP) is 3.49. The van der Waals surface area contributed by atoms with Crippen LogP contribution in [0.15, 0.2) is 35.7 Å². The first-order valence-electron chi connectivity index (χ1n) is 7.53. The van der Waals surface area contributed by atoms with Gasteiger partial charge in [0.1, 0.15) is 0 Å². The molecule has 0 aliphatic heterocycles. The average molecular weight is 304 g/mol. The minimum Gasteiger partial charge on any atom is -0.390 e. The highest BCUT2D eigenvalue weighted by Crippen LogP contribution is 2.25. The van der Waals surface area contributed by atoms with Gasteiger partial charge in [-0.3, -0.25) is 0 Å². The summed E-state index contributed by atoms with van der Waals surface area (Å²) >= 11 is 1.62. The Morgan fingerprint density at radius 1 is 1.24 bits per heavy atom. The number of rotatable bonds is 8. The van der Waals surface area contributed by atoms with E-state index in [1.807, 2.05) is 25.1 Å². The molecular formula is C17H24N2OS. The maximum absolute atomic E-state index is 10.5. The normalized spacial score (nSPS) is 14.0. The molecule has 1 aromatic heterocycles. The first-order chi connectivity index (χ1) is 10.1. The van der Waals surface area contributed by atoms with Crippen LogP contribution in [-0.2, 0) is 6.42 Å². The molecule has 0 radical (unpaired) electrons. The van der Waals surface area contributed by atoms with E-state index in [-0.39, 0.29) is 0 Å². The number of aliphatic hydroxyl groups is 1. The van der Waals surface area contributed by atoms with Crippen molar-refractivity contribution in [2.75, 3.05) is 13.1 Å². The number of nitrogens with one attached hydrogen (secondary N) is 1. The average Bonchev–Trinajstić information content (AvgIpc) is 2.92. The van der Waals surface area contributed by atoms with E-state index >= 15 is 0 Å². The summed E-state index contributed by atoms with van der Waals surface area (Å²) in [5.41, 5.74) is 1.42. The molecule has 0 aliphatic rings. The van der Waals surface area contributed by atoms with Gasteiger partial charge >= 0.3 is 0 Å². The van der Waals surface area contributed by atoms with E-state index in [1.165, 1.54) is 0 Å². The van der Waals surface area contributed by atoms with Crippen LogP contribution >= 0.6 is 11.3 Å². The lowest BCUT2D eigenvalue weighted by atomic mass is 9.98. The van der Waals surface area contributed by atoms with E-state index in [0.29, 0.717) is 6.42 Å². The molecule has 0 bridgehead atoms. The van der Waals surface area contributed by atoms with Crippen molar-refractivity contribution in [2.24, 2.45) is 0 Å². The summed E-state index contributed by atoms with van der Waals surface area (Å²) in [6.45, 7) is 5.89. The summed E-state index contributed by atoms with van der Waals surface area (Å²) in [6, 6.07) is 10.2. The monoisotopic (exact) mass is 304 g/mol. The van der Waals surface area contributed by atoms with Crippen LogP contribution in [0.25, 0.3) is 11.3 Å². The molecular weight excluding hydrogens is 280 g/mol. The number of thiazole rings is 1. The van der Waals surface area contributed by atoms with Crippen molar-refractivity contribution < 1.29 is 5.11 Å². The van der Waals surface area contributed by atoms with E-state index in [0.717, 1.165) is 42.2 Å². The molecule has 2 N–H and O–H groups in total. The molecule has 1 aromatic carbocycles. The lowest BCUT2D eigenvalue weighted by Gasteiger charge is -2.22. The quantitative estimate of drug-likeness (QED) is 0.734. The molecule has 1 atom stereocenters. The molecule has 2 aromatic rings. The van der Waals surface area contributed by atoms with Crippen molar-refractivity contribution in [1.82, 2.24) is 10.3 Å². The van der Waals surface area contributed by atoms with Crippen molar-refractivity contribution >= 4 is 11.3 Å². The van der Waals surface area contributed by atoms with Gasteiger partial charge in [0.15, 0.2) is 0 Å². The Kier molecular flexibility index (Phi) is 5.91. The van der Waals surface area contributed by atoms with Crippen molar-refractivity contribution in [3.63, 3.8) is 0 Å². The SMILES string of the molecule is CCCNCCC(C)(O)Cc1nc(-c2ccccc2)cs1. The Morgan fingerprint density at radius 2 is 2.00 bits per heavy atom. The Bertz CT molecular complexity index is 537. The molecule has 0 saturated heterocycles. The van der Waals surface area contributed by atoms with Gasteiger partial charge in [-0.05, 0) is 32.9 Å². The smallest absolute Gasteiger partial charge is 0.0961 e. The van der Waals surface area contributed by atoms with Crippen LogP contribution in [0.4, 0.5) is 0 Å². The molecule has 21 heavy (non-hydrogen) atoms. The van der Waals surface area contributed by atoms with E-state index in [2.05, 4.69) is 34.7 Å². The van der Waals surface area contributed by atoms with Crippen molar-refractivity contribution in [3.8, 4) is 11.3 Å². The first kappa shape index (κ1) is 16.1. The van der Waals surface area contributed by atoms with Crippen LogP contribution in [-0.4, -0.2) is 28.8 Å². The predicted molar refractivity (Wildman–Crippen MR) is 89.7 cm³/mol. The Labute approximate surface area is 131 Å². The fourth-order valence-corrected chi connectivity index (χ4v) is 3.19. The summed E-state index contributed by atoms with van der Waals surface area (Å²) in [6.07, 6.45) is 2.47. The lowest BCUT2D eigenvalue weighted by molar-refractivity contribution is 0.0515. The van der Waals surface area contributed by atoms with Gasteiger partial charge in [-0.2, -0.15) is 0 Å². The molecule has 0 spiro atoms. The van der Waals surface area contributed by atoms with Crippen LogP contribution < -0.4 is 5.32 Å². The largest absolute Gasteiger partial charge is 0.390 e. The van der Waals surface area contributed by atoms with Crippen LogP contribution in [0.1, 0.15) is 31.7 Å². The van der Waals surface area contributed by atoms with Gasteiger partial charge in [0.2, 0.25) is 0 Å². The summed E-state index contributed by atoms with van der Waals surface area (Å²) in [7, 11) is 0. The van der Waals surface area contributed by atoms with Gasteiger partial charge in [0.25, 0.3) is 0 Å². The summed E-state index contributed by atoms with van der Waals surface area (Å²) in [5.74, 6) is 0. The Balaban J connectivity index is 1.92. The van der Waals surface area contributed by atoms with Crippen LogP contribution in [0.3, 0.4) is 0 Å². The second-order valence-electron chi connectivity index (χ2n) is 5.67. The zero-order valence-electron chi connectivity index (χ0n) is 12.8. The number of aromatic nitrogens is 1. The van der Waals surface area contributed by atoms with Gasteiger partial charge in [-0.15, -0.1) is 11.3 Å². The molecule has 4 heteroatoms. The molecule has 1 unspecified atom stereocenters. The maximum atomic E-state index is 10.5. The maximum Gasteiger partial charge on any atom is 0.0961 e. The van der Waals surface area contributed by atoms with Crippen molar-refractivity contribution in [2.45, 2.75) is 38.7 Å². The van der Waals surface area contributed by atoms with Gasteiger partial charge in [-0.1, -0.05) is 37.3 Å². The third-order valence-corrected chi connectivity index (χ3v) is 4.27. The zero-order valence-corrected chi connectivity index (χ0v) is 13.6. The Morgan fingerprint density at radius 3 is 2.71 bits per heavy atom. The molecule has 3 nitrogen and oxygen atoms in total. The third-order valence-electron chi connectivity index (χ3n) is 3.42. The van der Waals surface area contributed by atoms with E-state index < -0.39 is 5.60 Å². The molecule has 2 rings (SSSR count). The molecule has 0 aliphatic carbocycles. The molecule has 0 fully saturated rings. The summed E-state index contributed by atoms with van der Waals surface area (Å²) in [4.78, 5) is 4.65. The lowest BCUT2D eigenvalue weighted by Crippen LogP contribution is -2.32. The minimum absolute atomic E-state index is 0.609. The highest BCUT2D eigenvalue weighted by molar-refractivity contribution is 7.09. The molecule has 0 amide bonds. The number of hydrogen-bond acceptors (Lipinski definition) is 4. The van der Waals surface area contributed by atoms with Gasteiger partial charge in [0.05, 0.1) is 16.3 Å². The molecule has 0 saturated carbocycles. The number of benzene rings is 1. The van der Waals surface area contributed by atoms with Crippen molar-refractivity contribution in [1.29, 1.82) is 0 Å². The van der Waals surface area contributed by atoms with Gasteiger partial charge < -0.3 is 10.4 Å². The third kappa shape index (κ3) is 5.23.